The first-order valence-corrected chi connectivity index (χ1v) is 10.4. The molecule has 25 heavy (non-hydrogen) atoms. The molecule has 0 aromatic heterocycles. The van der Waals surface area contributed by atoms with E-state index in [1.807, 2.05) is 0 Å². The zero-order valence-corrected chi connectivity index (χ0v) is 15.8. The van der Waals surface area contributed by atoms with Crippen LogP contribution in [0.3, 0.4) is 0 Å². The van der Waals surface area contributed by atoms with E-state index in [4.69, 9.17) is 0 Å². The predicted molar refractivity (Wildman–Crippen MR) is 83.8 cm³/mol. The van der Waals surface area contributed by atoms with E-state index in [-0.39, 0.29) is 17.1 Å². The minimum atomic E-state index is -3.91. The Morgan fingerprint density at radius 2 is 1.28 bits per heavy atom. The van der Waals surface area contributed by atoms with E-state index in [1.165, 1.54) is 31.2 Å². The highest BCUT2D eigenvalue weighted by Crippen LogP contribution is 2.09. The van der Waals surface area contributed by atoms with Gasteiger partial charge in [-0.05, 0) is 12.1 Å². The number of nitrogens with zero attached hydrogens (tertiary/aromatic N) is 2. The molecule has 134 valence electrons. The van der Waals surface area contributed by atoms with Crippen molar-refractivity contribution in [2.75, 3.05) is 5.75 Å². The summed E-state index contributed by atoms with van der Waals surface area (Å²) >= 11 is -0.665. The lowest BCUT2D eigenvalue weighted by atomic mass is 10.3. The Balaban J connectivity index is 0.000000450. The van der Waals surface area contributed by atoms with Crippen molar-refractivity contribution >= 4 is 21.5 Å². The van der Waals surface area contributed by atoms with Gasteiger partial charge in [0.1, 0.15) is 0 Å². The van der Waals surface area contributed by atoms with Crippen LogP contribution in [-0.4, -0.2) is 28.6 Å². The Morgan fingerprint density at radius 1 is 0.920 bits per heavy atom. The van der Waals surface area contributed by atoms with Crippen LogP contribution in [0.25, 0.3) is 0 Å². The van der Waals surface area contributed by atoms with Crippen LogP contribution in [0.15, 0.2) is 48.5 Å². The fraction of sp³-hybridized carbons (Fsp3) is 0.143. The van der Waals surface area contributed by atoms with Gasteiger partial charge in [-0.25, -0.2) is 8.42 Å². The van der Waals surface area contributed by atoms with Crippen molar-refractivity contribution in [2.24, 2.45) is 0 Å². The third-order valence-corrected chi connectivity index (χ3v) is 5.90. The van der Waals surface area contributed by atoms with Gasteiger partial charge < -0.3 is 4.55 Å². The minimum Gasteiger partial charge on any atom is -0.748 e. The van der Waals surface area contributed by atoms with Crippen molar-refractivity contribution in [2.45, 2.75) is 6.92 Å². The van der Waals surface area contributed by atoms with Gasteiger partial charge in [0.05, 0.1) is 32.1 Å². The lowest BCUT2D eigenvalue weighted by Gasteiger charge is -1.97. The predicted octanol–water partition coefficient (Wildman–Crippen LogP) is -0.817. The summed E-state index contributed by atoms with van der Waals surface area (Å²) < 4.78 is 30.0. The normalized spacial score (nSPS) is 10.5. The van der Waals surface area contributed by atoms with Crippen molar-refractivity contribution in [1.82, 2.24) is 0 Å². The van der Waals surface area contributed by atoms with E-state index >= 15 is 0 Å². The summed E-state index contributed by atoms with van der Waals surface area (Å²) in [4.78, 5) is 20.5. The largest absolute Gasteiger partial charge is 0.748 e. The average molecular weight is 480 g/mol. The summed E-state index contributed by atoms with van der Waals surface area (Å²) in [6.45, 7) is 1.31. The number of hydrogen-bond donors (Lipinski definition) is 0. The van der Waals surface area contributed by atoms with Gasteiger partial charge in [0, 0.05) is 17.9 Å². The van der Waals surface area contributed by atoms with Crippen LogP contribution in [0.2, 0.25) is 0 Å². The topological polar surface area (TPSA) is 143 Å². The highest BCUT2D eigenvalue weighted by molar-refractivity contribution is 7.85. The molecule has 0 saturated heterocycles. The van der Waals surface area contributed by atoms with Gasteiger partial charge in [-0.15, -0.1) is 0 Å². The van der Waals surface area contributed by atoms with Crippen LogP contribution in [0.1, 0.15) is 6.92 Å². The molecule has 0 atom stereocenters. The molecule has 11 heteroatoms. The molecule has 0 fully saturated rings. The minimum absolute atomic E-state index is 0.0441. The van der Waals surface area contributed by atoms with Gasteiger partial charge >= 0.3 is 21.2 Å². The number of hydrogen-bond acceptors (Lipinski definition) is 7. The maximum atomic E-state index is 10.7. The second-order valence-electron chi connectivity index (χ2n) is 4.41. The average Bonchev–Trinajstić information content (AvgIpc) is 2.55. The van der Waals surface area contributed by atoms with Crippen LogP contribution >= 0.6 is 0 Å². The van der Waals surface area contributed by atoms with Crippen molar-refractivity contribution in [3.8, 4) is 0 Å². The summed E-state index contributed by atoms with van der Waals surface area (Å²) in [5.74, 6) is -0.312. The maximum absolute atomic E-state index is 10.7. The molecule has 2 aromatic rings. The molecular formula is C14H13IN2O7S. The summed E-state index contributed by atoms with van der Waals surface area (Å²) in [6.07, 6.45) is 0. The number of nitro benzene ring substituents is 2. The molecule has 0 unspecified atom stereocenters. The number of halogens is 1. The Hall–Kier alpha value is -2.12. The number of nitro groups is 2. The van der Waals surface area contributed by atoms with E-state index in [0.29, 0.717) is 0 Å². The van der Waals surface area contributed by atoms with Crippen LogP contribution in [-0.2, 0) is 10.1 Å². The molecule has 0 spiro atoms. The molecule has 0 bridgehead atoms. The highest BCUT2D eigenvalue weighted by Gasteiger charge is 2.21. The Bertz CT molecular complexity index is 815. The monoisotopic (exact) mass is 480 g/mol. The second kappa shape index (κ2) is 9.39. The summed E-state index contributed by atoms with van der Waals surface area (Å²) in [5, 5.41) is 21.4. The second-order valence-corrected chi connectivity index (χ2v) is 9.14. The van der Waals surface area contributed by atoms with Gasteiger partial charge in [0.2, 0.25) is 7.14 Å². The van der Waals surface area contributed by atoms with Crippen molar-refractivity contribution in [1.29, 1.82) is 0 Å². The molecule has 2 aromatic carbocycles. The number of non-ortho nitro benzene ring substituents is 2. The molecule has 0 saturated carbocycles. The zero-order chi connectivity index (χ0) is 19.0. The van der Waals surface area contributed by atoms with Gasteiger partial charge in [-0.1, -0.05) is 19.1 Å². The number of benzene rings is 2. The first-order chi connectivity index (χ1) is 11.6. The van der Waals surface area contributed by atoms with E-state index in [2.05, 4.69) is 0 Å². The molecule has 0 amide bonds. The first-order valence-electron chi connectivity index (χ1n) is 6.69. The third kappa shape index (κ3) is 8.00. The van der Waals surface area contributed by atoms with Crippen molar-refractivity contribution < 1.29 is 44.0 Å². The van der Waals surface area contributed by atoms with E-state index in [0.717, 1.165) is 7.14 Å². The molecule has 0 aliphatic carbocycles. The molecule has 0 heterocycles. The highest BCUT2D eigenvalue weighted by atomic mass is 127. The van der Waals surface area contributed by atoms with Crippen LogP contribution in [0.5, 0.6) is 0 Å². The van der Waals surface area contributed by atoms with Crippen LogP contribution < -0.4 is 21.2 Å². The van der Waals surface area contributed by atoms with E-state index in [1.54, 1.807) is 24.3 Å². The Morgan fingerprint density at radius 3 is 1.56 bits per heavy atom. The van der Waals surface area contributed by atoms with Gasteiger partial charge in [-0.2, -0.15) is 0 Å². The smallest absolute Gasteiger partial charge is 0.358 e. The molecule has 0 aliphatic heterocycles. The maximum Gasteiger partial charge on any atom is 0.358 e. The van der Waals surface area contributed by atoms with Gasteiger partial charge in [0.15, 0.2) is 0 Å². The molecule has 0 N–H and O–H groups in total. The van der Waals surface area contributed by atoms with E-state index < -0.39 is 41.2 Å². The zero-order valence-electron chi connectivity index (χ0n) is 12.9. The quantitative estimate of drug-likeness (QED) is 0.236. The van der Waals surface area contributed by atoms with Gasteiger partial charge in [-0.3, -0.25) is 20.2 Å². The Kier molecular flexibility index (Phi) is 7.86. The summed E-state index contributed by atoms with van der Waals surface area (Å²) in [7, 11) is -3.91. The summed E-state index contributed by atoms with van der Waals surface area (Å²) in [6, 6.07) is 12.8. The number of rotatable bonds is 5. The third-order valence-electron chi connectivity index (χ3n) is 2.61. The fourth-order valence-electron chi connectivity index (χ4n) is 1.42. The van der Waals surface area contributed by atoms with Crippen molar-refractivity contribution in [3.05, 3.63) is 75.9 Å². The Labute approximate surface area is 154 Å². The SMILES string of the molecule is CCS(=O)(=O)[O-].O=[N+]([O-])c1cccc([I+]c2cccc([N+](=O)[O-])c2)c1. The van der Waals surface area contributed by atoms with Crippen LogP contribution in [0.4, 0.5) is 11.4 Å². The molecule has 0 radical (unpaired) electrons. The lowest BCUT2D eigenvalue weighted by molar-refractivity contribution is -0.598. The van der Waals surface area contributed by atoms with Gasteiger partial charge in [0.25, 0.3) is 11.4 Å². The molecule has 9 nitrogen and oxygen atoms in total. The molecular weight excluding hydrogens is 467 g/mol. The lowest BCUT2D eigenvalue weighted by Crippen LogP contribution is -3.61. The summed E-state index contributed by atoms with van der Waals surface area (Å²) in [5.41, 5.74) is 0.0882. The van der Waals surface area contributed by atoms with Crippen molar-refractivity contribution in [3.63, 3.8) is 0 Å². The van der Waals surface area contributed by atoms with E-state index in [9.17, 15) is 33.2 Å². The molecule has 0 aliphatic rings. The standard InChI is InChI=1S/C12H8IN2O4.C2H6O3S/c16-14(17)11-5-1-3-9(7-11)13-10-4-2-6-12(8-10)15(18)19;1-2-6(3,4)5/h1-8H;2H2,1H3,(H,3,4,5)/q+1;/p-1. The molecule has 2 rings (SSSR count). The fourth-order valence-corrected chi connectivity index (χ4v) is 3.87. The van der Waals surface area contributed by atoms with Crippen LogP contribution in [0, 0.1) is 27.4 Å². The first kappa shape index (κ1) is 20.9.